The maximum atomic E-state index is 9.80. The summed E-state index contributed by atoms with van der Waals surface area (Å²) in [4.78, 5) is 4.48. The number of fused-ring (bicyclic) bond motifs is 1. The Labute approximate surface area is 116 Å². The van der Waals surface area contributed by atoms with E-state index in [0.29, 0.717) is 0 Å². The van der Waals surface area contributed by atoms with Crippen LogP contribution in [-0.2, 0) is 0 Å². The molecule has 0 aliphatic rings. The van der Waals surface area contributed by atoms with Crippen molar-refractivity contribution in [3.05, 3.63) is 60.2 Å². The Kier molecular flexibility index (Phi) is 3.32. The first-order chi connectivity index (χ1) is 9.24. The molecule has 0 unspecified atom stereocenters. The van der Waals surface area contributed by atoms with Gasteiger partial charge in [0.05, 0.1) is 11.1 Å². The first-order valence-corrected chi connectivity index (χ1v) is 7.08. The van der Waals surface area contributed by atoms with Gasteiger partial charge in [-0.2, -0.15) is 0 Å². The topological polar surface area (TPSA) is 36.0 Å². The van der Waals surface area contributed by atoms with Crippen LogP contribution in [0.5, 0.6) is 0 Å². The van der Waals surface area contributed by atoms with Gasteiger partial charge in [0, 0.05) is 15.8 Å². The normalized spacial score (nSPS) is 12.7. The minimum atomic E-state index is -0.451. The maximum absolute atomic E-state index is 9.80. The molecule has 0 saturated heterocycles. The SMILES string of the molecule is C[C@@H](O)c1ccccc1Sc1cc2ccccc2[nH]1. The Morgan fingerprint density at radius 1 is 1.05 bits per heavy atom. The highest BCUT2D eigenvalue weighted by Gasteiger charge is 2.09. The van der Waals surface area contributed by atoms with Gasteiger partial charge >= 0.3 is 0 Å². The summed E-state index contributed by atoms with van der Waals surface area (Å²) in [6.07, 6.45) is -0.451. The third-order valence-corrected chi connectivity index (χ3v) is 4.13. The number of aromatic amines is 1. The summed E-state index contributed by atoms with van der Waals surface area (Å²) in [5, 5.41) is 12.1. The molecule has 0 radical (unpaired) electrons. The number of rotatable bonds is 3. The predicted octanol–water partition coefficient (Wildman–Crippen LogP) is 4.37. The van der Waals surface area contributed by atoms with E-state index in [2.05, 4.69) is 23.2 Å². The molecular weight excluding hydrogens is 254 g/mol. The van der Waals surface area contributed by atoms with Crippen molar-refractivity contribution in [2.75, 3.05) is 0 Å². The quantitative estimate of drug-likeness (QED) is 0.740. The average molecular weight is 269 g/mol. The van der Waals surface area contributed by atoms with Crippen LogP contribution in [0, 0.1) is 0 Å². The summed E-state index contributed by atoms with van der Waals surface area (Å²) in [5.74, 6) is 0. The lowest BCUT2D eigenvalue weighted by Gasteiger charge is -2.10. The molecule has 2 aromatic carbocycles. The standard InChI is InChI=1S/C16H15NOS/c1-11(18)13-7-3-5-9-15(13)19-16-10-12-6-2-4-8-14(12)17-16/h2-11,17-18H,1H3/t11-/m1/s1. The van der Waals surface area contributed by atoms with Gasteiger partial charge in [-0.1, -0.05) is 48.2 Å². The number of aliphatic hydroxyl groups excluding tert-OH is 1. The Morgan fingerprint density at radius 2 is 1.79 bits per heavy atom. The molecule has 2 N–H and O–H groups in total. The van der Waals surface area contributed by atoms with Gasteiger partial charge in [-0.25, -0.2) is 0 Å². The lowest BCUT2D eigenvalue weighted by Crippen LogP contribution is -1.93. The van der Waals surface area contributed by atoms with E-state index in [0.717, 1.165) is 21.0 Å². The molecule has 0 fully saturated rings. The van der Waals surface area contributed by atoms with Crippen molar-refractivity contribution in [3.8, 4) is 0 Å². The van der Waals surface area contributed by atoms with E-state index in [9.17, 15) is 5.11 Å². The summed E-state index contributed by atoms with van der Waals surface area (Å²) < 4.78 is 0. The number of aliphatic hydroxyl groups is 1. The zero-order chi connectivity index (χ0) is 13.2. The van der Waals surface area contributed by atoms with E-state index in [-0.39, 0.29) is 0 Å². The molecule has 0 saturated carbocycles. The minimum absolute atomic E-state index is 0.451. The highest BCUT2D eigenvalue weighted by Crippen LogP contribution is 2.34. The summed E-state index contributed by atoms with van der Waals surface area (Å²) >= 11 is 1.65. The van der Waals surface area contributed by atoms with Crippen LogP contribution in [0.15, 0.2) is 64.5 Å². The van der Waals surface area contributed by atoms with Crippen LogP contribution in [0.3, 0.4) is 0 Å². The fourth-order valence-electron chi connectivity index (χ4n) is 2.14. The van der Waals surface area contributed by atoms with Crippen molar-refractivity contribution in [2.24, 2.45) is 0 Å². The smallest absolute Gasteiger partial charge is 0.0781 e. The summed E-state index contributed by atoms with van der Waals surface area (Å²) in [5.41, 5.74) is 2.10. The summed E-state index contributed by atoms with van der Waals surface area (Å²) in [6, 6.07) is 18.3. The third-order valence-electron chi connectivity index (χ3n) is 3.09. The van der Waals surface area contributed by atoms with Crippen LogP contribution in [0.25, 0.3) is 10.9 Å². The van der Waals surface area contributed by atoms with Gasteiger partial charge in [0.1, 0.15) is 0 Å². The molecule has 96 valence electrons. The van der Waals surface area contributed by atoms with Crippen molar-refractivity contribution in [1.82, 2.24) is 4.98 Å². The Bertz CT molecular complexity index is 670. The van der Waals surface area contributed by atoms with Gasteiger partial charge in [0.2, 0.25) is 0 Å². The molecule has 0 aliphatic carbocycles. The molecule has 3 aromatic rings. The van der Waals surface area contributed by atoms with Gasteiger partial charge in [0.25, 0.3) is 0 Å². The van der Waals surface area contributed by atoms with Crippen LogP contribution in [0.1, 0.15) is 18.6 Å². The number of H-pyrrole nitrogens is 1. The highest BCUT2D eigenvalue weighted by molar-refractivity contribution is 7.99. The molecule has 2 nitrogen and oxygen atoms in total. The predicted molar refractivity (Wildman–Crippen MR) is 79.5 cm³/mol. The number of hydrogen-bond acceptors (Lipinski definition) is 2. The van der Waals surface area contributed by atoms with Crippen molar-refractivity contribution in [3.63, 3.8) is 0 Å². The molecule has 3 rings (SSSR count). The van der Waals surface area contributed by atoms with Crippen molar-refractivity contribution >= 4 is 22.7 Å². The molecular formula is C16H15NOS. The van der Waals surface area contributed by atoms with Crippen molar-refractivity contribution in [2.45, 2.75) is 22.9 Å². The lowest BCUT2D eigenvalue weighted by atomic mass is 10.1. The molecule has 1 heterocycles. The van der Waals surface area contributed by atoms with Gasteiger partial charge in [-0.05, 0) is 30.7 Å². The first kappa shape index (κ1) is 12.3. The van der Waals surface area contributed by atoms with Crippen LogP contribution < -0.4 is 0 Å². The van der Waals surface area contributed by atoms with E-state index in [4.69, 9.17) is 0 Å². The molecule has 1 atom stereocenters. The van der Waals surface area contributed by atoms with Crippen molar-refractivity contribution in [1.29, 1.82) is 0 Å². The van der Waals surface area contributed by atoms with Crippen LogP contribution >= 0.6 is 11.8 Å². The molecule has 1 aromatic heterocycles. The maximum Gasteiger partial charge on any atom is 0.0781 e. The van der Waals surface area contributed by atoms with E-state index < -0.39 is 6.10 Å². The molecule has 0 spiro atoms. The Hall–Kier alpha value is -1.71. The summed E-state index contributed by atoms with van der Waals surface area (Å²) in [6.45, 7) is 1.80. The van der Waals surface area contributed by atoms with E-state index >= 15 is 0 Å². The average Bonchev–Trinajstić information content (AvgIpc) is 2.81. The van der Waals surface area contributed by atoms with Gasteiger partial charge < -0.3 is 10.1 Å². The first-order valence-electron chi connectivity index (χ1n) is 6.26. The zero-order valence-electron chi connectivity index (χ0n) is 10.6. The second-order valence-corrected chi connectivity index (χ2v) is 5.62. The number of aromatic nitrogens is 1. The fraction of sp³-hybridized carbons (Fsp3) is 0.125. The highest BCUT2D eigenvalue weighted by atomic mass is 32.2. The molecule has 0 amide bonds. The number of hydrogen-bond donors (Lipinski definition) is 2. The van der Waals surface area contributed by atoms with Crippen LogP contribution in [0.4, 0.5) is 0 Å². The monoisotopic (exact) mass is 269 g/mol. The summed E-state index contributed by atoms with van der Waals surface area (Å²) in [7, 11) is 0. The second-order valence-electron chi connectivity index (χ2n) is 4.54. The van der Waals surface area contributed by atoms with Gasteiger partial charge in [-0.3, -0.25) is 0 Å². The lowest BCUT2D eigenvalue weighted by molar-refractivity contribution is 0.196. The Balaban J connectivity index is 1.97. The van der Waals surface area contributed by atoms with Gasteiger partial charge in [0.15, 0.2) is 0 Å². The molecule has 0 aliphatic heterocycles. The van der Waals surface area contributed by atoms with E-state index in [1.165, 1.54) is 5.39 Å². The van der Waals surface area contributed by atoms with Crippen LogP contribution in [0.2, 0.25) is 0 Å². The largest absolute Gasteiger partial charge is 0.389 e. The molecule has 19 heavy (non-hydrogen) atoms. The Morgan fingerprint density at radius 3 is 2.58 bits per heavy atom. The van der Waals surface area contributed by atoms with E-state index in [1.807, 2.05) is 36.4 Å². The van der Waals surface area contributed by atoms with Crippen molar-refractivity contribution < 1.29 is 5.11 Å². The molecule has 3 heteroatoms. The molecule has 0 bridgehead atoms. The van der Waals surface area contributed by atoms with Crippen LogP contribution in [-0.4, -0.2) is 10.1 Å². The number of para-hydroxylation sites is 1. The van der Waals surface area contributed by atoms with Gasteiger partial charge in [-0.15, -0.1) is 0 Å². The fourth-order valence-corrected chi connectivity index (χ4v) is 3.23. The third kappa shape index (κ3) is 2.53. The van der Waals surface area contributed by atoms with E-state index in [1.54, 1.807) is 18.7 Å². The number of benzene rings is 2. The second kappa shape index (κ2) is 5.11. The zero-order valence-corrected chi connectivity index (χ0v) is 11.4. The minimum Gasteiger partial charge on any atom is -0.389 e. The number of nitrogens with one attached hydrogen (secondary N) is 1.